The van der Waals surface area contributed by atoms with Gasteiger partial charge in [-0.1, -0.05) is 33.6 Å². The molecule has 27 heavy (non-hydrogen) atoms. The second kappa shape index (κ2) is 8.93. The maximum Gasteiger partial charge on any atom is 0.255 e. The van der Waals surface area contributed by atoms with Gasteiger partial charge in [-0.3, -0.25) is 4.79 Å². The Bertz CT molecular complexity index is 944. The summed E-state index contributed by atoms with van der Waals surface area (Å²) in [6.45, 7) is 0.267. The molecule has 3 rings (SSSR count). The highest BCUT2D eigenvalue weighted by molar-refractivity contribution is 9.10. The Morgan fingerprint density at radius 2 is 1.85 bits per heavy atom. The molecular formula is C21H17BrClNO3. The lowest BCUT2D eigenvalue weighted by molar-refractivity contribution is 0.102. The van der Waals surface area contributed by atoms with Gasteiger partial charge in [-0.2, -0.15) is 0 Å². The molecule has 0 heterocycles. The predicted octanol–water partition coefficient (Wildman–Crippen LogP) is 5.94. The molecule has 0 saturated heterocycles. The molecule has 6 heteroatoms. The molecule has 1 N–H and O–H groups in total. The molecule has 138 valence electrons. The number of hydrogen-bond donors (Lipinski definition) is 1. The van der Waals surface area contributed by atoms with Gasteiger partial charge in [0.25, 0.3) is 5.91 Å². The Labute approximate surface area is 171 Å². The van der Waals surface area contributed by atoms with Crippen molar-refractivity contribution in [3.63, 3.8) is 0 Å². The number of rotatable bonds is 6. The molecule has 3 aromatic carbocycles. The van der Waals surface area contributed by atoms with Gasteiger partial charge in [0.1, 0.15) is 18.1 Å². The van der Waals surface area contributed by atoms with E-state index in [1.807, 2.05) is 24.3 Å². The van der Waals surface area contributed by atoms with E-state index < -0.39 is 0 Å². The van der Waals surface area contributed by atoms with Crippen molar-refractivity contribution < 1.29 is 14.3 Å². The highest BCUT2D eigenvalue weighted by atomic mass is 79.9. The van der Waals surface area contributed by atoms with Crippen LogP contribution < -0.4 is 14.8 Å². The average molecular weight is 447 g/mol. The number of halogens is 2. The van der Waals surface area contributed by atoms with E-state index in [9.17, 15) is 4.79 Å². The average Bonchev–Trinajstić information content (AvgIpc) is 2.67. The summed E-state index contributed by atoms with van der Waals surface area (Å²) in [7, 11) is 1.59. The summed E-state index contributed by atoms with van der Waals surface area (Å²) >= 11 is 9.28. The molecule has 0 radical (unpaired) electrons. The van der Waals surface area contributed by atoms with E-state index in [0.29, 0.717) is 27.8 Å². The summed E-state index contributed by atoms with van der Waals surface area (Å²) in [6, 6.07) is 19.8. The van der Waals surface area contributed by atoms with Crippen LogP contribution in [-0.2, 0) is 6.61 Å². The standard InChI is InChI=1S/C21H17BrClNO3/c1-26-20-10-5-14(21(25)24-18-4-2-3-16(22)12-18)11-15(20)13-27-19-8-6-17(23)7-9-19/h2-12H,13H2,1H3,(H,24,25). The summed E-state index contributed by atoms with van der Waals surface area (Å²) < 4.78 is 12.1. The molecule has 0 spiro atoms. The summed E-state index contributed by atoms with van der Waals surface area (Å²) in [5.41, 5.74) is 2.00. The molecule has 1 amide bonds. The number of carbonyl (C=O) groups excluding carboxylic acids is 1. The second-order valence-corrected chi connectivity index (χ2v) is 7.09. The first kappa shape index (κ1) is 19.3. The monoisotopic (exact) mass is 445 g/mol. The van der Waals surface area contributed by atoms with Crippen LogP contribution in [-0.4, -0.2) is 13.0 Å². The van der Waals surface area contributed by atoms with Crippen LogP contribution in [0, 0.1) is 0 Å². The third kappa shape index (κ3) is 5.25. The fourth-order valence-corrected chi connectivity index (χ4v) is 3.02. The van der Waals surface area contributed by atoms with E-state index in [-0.39, 0.29) is 12.5 Å². The van der Waals surface area contributed by atoms with Gasteiger partial charge in [0, 0.05) is 26.3 Å². The lowest BCUT2D eigenvalue weighted by atomic mass is 10.1. The zero-order valence-corrected chi connectivity index (χ0v) is 16.9. The van der Waals surface area contributed by atoms with Crippen LogP contribution in [0.3, 0.4) is 0 Å². The minimum absolute atomic E-state index is 0.205. The number of benzene rings is 3. The highest BCUT2D eigenvalue weighted by Gasteiger charge is 2.11. The van der Waals surface area contributed by atoms with Crippen molar-refractivity contribution >= 4 is 39.1 Å². The number of methoxy groups -OCH3 is 1. The van der Waals surface area contributed by atoms with Crippen LogP contribution in [0.4, 0.5) is 5.69 Å². The molecule has 0 saturated carbocycles. The Balaban J connectivity index is 1.75. The molecule has 3 aromatic rings. The van der Waals surface area contributed by atoms with Crippen molar-refractivity contribution in [2.75, 3.05) is 12.4 Å². The lowest BCUT2D eigenvalue weighted by Crippen LogP contribution is -2.12. The number of anilines is 1. The van der Waals surface area contributed by atoms with Gasteiger partial charge < -0.3 is 14.8 Å². The van der Waals surface area contributed by atoms with Crippen LogP contribution in [0.2, 0.25) is 5.02 Å². The molecule has 0 unspecified atom stereocenters. The first-order valence-electron chi connectivity index (χ1n) is 8.17. The van der Waals surface area contributed by atoms with E-state index in [4.69, 9.17) is 21.1 Å². The third-order valence-corrected chi connectivity index (χ3v) is 4.58. The van der Waals surface area contributed by atoms with Gasteiger partial charge in [-0.05, 0) is 60.7 Å². The molecule has 0 bridgehead atoms. The summed E-state index contributed by atoms with van der Waals surface area (Å²) in [5.74, 6) is 1.14. The number of amides is 1. The number of nitrogens with one attached hydrogen (secondary N) is 1. The second-order valence-electron chi connectivity index (χ2n) is 5.73. The van der Waals surface area contributed by atoms with Crippen molar-refractivity contribution in [2.45, 2.75) is 6.61 Å². The van der Waals surface area contributed by atoms with Gasteiger partial charge in [0.2, 0.25) is 0 Å². The fraction of sp³-hybridized carbons (Fsp3) is 0.0952. The van der Waals surface area contributed by atoms with Crippen molar-refractivity contribution in [3.8, 4) is 11.5 Å². The normalized spacial score (nSPS) is 10.3. The van der Waals surface area contributed by atoms with E-state index >= 15 is 0 Å². The van der Waals surface area contributed by atoms with E-state index in [1.165, 1.54) is 0 Å². The van der Waals surface area contributed by atoms with Crippen molar-refractivity contribution in [3.05, 3.63) is 87.4 Å². The molecule has 0 aliphatic rings. The summed E-state index contributed by atoms with van der Waals surface area (Å²) in [4.78, 5) is 12.6. The van der Waals surface area contributed by atoms with Gasteiger partial charge in [-0.15, -0.1) is 0 Å². The maximum absolute atomic E-state index is 12.6. The Hall–Kier alpha value is -2.50. The first-order chi connectivity index (χ1) is 13.0. The van der Waals surface area contributed by atoms with Gasteiger partial charge in [-0.25, -0.2) is 0 Å². The molecule has 4 nitrogen and oxygen atoms in total. The summed E-state index contributed by atoms with van der Waals surface area (Å²) in [6.07, 6.45) is 0. The van der Waals surface area contributed by atoms with Crippen molar-refractivity contribution in [1.82, 2.24) is 0 Å². The van der Waals surface area contributed by atoms with Crippen LogP contribution in [0.25, 0.3) is 0 Å². The Morgan fingerprint density at radius 1 is 1.07 bits per heavy atom. The first-order valence-corrected chi connectivity index (χ1v) is 9.34. The molecular weight excluding hydrogens is 430 g/mol. The largest absolute Gasteiger partial charge is 0.496 e. The summed E-state index contributed by atoms with van der Waals surface area (Å²) in [5, 5.41) is 3.52. The van der Waals surface area contributed by atoms with Crippen LogP contribution in [0.5, 0.6) is 11.5 Å². The topological polar surface area (TPSA) is 47.6 Å². The predicted molar refractivity (Wildman–Crippen MR) is 111 cm³/mol. The van der Waals surface area contributed by atoms with E-state index in [1.54, 1.807) is 49.6 Å². The number of hydrogen-bond acceptors (Lipinski definition) is 3. The molecule has 0 aromatic heterocycles. The van der Waals surface area contributed by atoms with Gasteiger partial charge in [0.05, 0.1) is 7.11 Å². The Morgan fingerprint density at radius 3 is 2.56 bits per heavy atom. The van der Waals surface area contributed by atoms with Gasteiger partial charge >= 0.3 is 0 Å². The quantitative estimate of drug-likeness (QED) is 0.509. The number of carbonyl (C=O) groups is 1. The van der Waals surface area contributed by atoms with Crippen LogP contribution in [0.15, 0.2) is 71.2 Å². The maximum atomic E-state index is 12.6. The molecule has 0 aliphatic carbocycles. The lowest BCUT2D eigenvalue weighted by Gasteiger charge is -2.12. The fourth-order valence-electron chi connectivity index (χ4n) is 2.49. The zero-order valence-electron chi connectivity index (χ0n) is 14.5. The minimum atomic E-state index is -0.205. The highest BCUT2D eigenvalue weighted by Crippen LogP contribution is 2.24. The smallest absolute Gasteiger partial charge is 0.255 e. The SMILES string of the molecule is COc1ccc(C(=O)Nc2cccc(Br)c2)cc1COc1ccc(Cl)cc1. The third-order valence-electron chi connectivity index (χ3n) is 3.83. The molecule has 0 fully saturated rings. The van der Waals surface area contributed by atoms with E-state index in [0.717, 1.165) is 10.0 Å². The minimum Gasteiger partial charge on any atom is -0.496 e. The van der Waals surface area contributed by atoms with Crippen LogP contribution in [0.1, 0.15) is 15.9 Å². The van der Waals surface area contributed by atoms with E-state index in [2.05, 4.69) is 21.2 Å². The zero-order chi connectivity index (χ0) is 19.2. The van der Waals surface area contributed by atoms with Crippen LogP contribution >= 0.6 is 27.5 Å². The van der Waals surface area contributed by atoms with Gasteiger partial charge in [0.15, 0.2) is 0 Å². The van der Waals surface area contributed by atoms with Crippen molar-refractivity contribution in [1.29, 1.82) is 0 Å². The molecule has 0 aliphatic heterocycles. The number of ether oxygens (including phenoxy) is 2. The Kier molecular flexibility index (Phi) is 6.37. The van der Waals surface area contributed by atoms with Crippen molar-refractivity contribution in [2.24, 2.45) is 0 Å². The molecule has 0 atom stereocenters.